The second kappa shape index (κ2) is 6.65. The smallest absolute Gasteiger partial charge is 0.410 e. The SMILES string of the molecule is COC1(OC)CO[C@H]2C1N(C(=O)OCc1ccccc1)C[C@@H]2Cl. The highest BCUT2D eigenvalue weighted by molar-refractivity contribution is 6.21. The molecule has 2 saturated heterocycles. The minimum absolute atomic E-state index is 0.203. The lowest BCUT2D eigenvalue weighted by Gasteiger charge is -2.35. The van der Waals surface area contributed by atoms with Gasteiger partial charge in [0.25, 0.3) is 0 Å². The molecule has 0 radical (unpaired) electrons. The number of likely N-dealkylation sites (tertiary alicyclic amines) is 1. The van der Waals surface area contributed by atoms with E-state index in [4.69, 9.17) is 30.5 Å². The van der Waals surface area contributed by atoms with Gasteiger partial charge in [-0.25, -0.2) is 4.79 Å². The lowest BCUT2D eigenvalue weighted by Crippen LogP contribution is -2.55. The number of hydrogen-bond donors (Lipinski definition) is 0. The van der Waals surface area contributed by atoms with Crippen LogP contribution in [-0.4, -0.2) is 61.7 Å². The van der Waals surface area contributed by atoms with Gasteiger partial charge in [0.05, 0.1) is 5.38 Å². The first-order valence-corrected chi connectivity index (χ1v) is 7.88. The average Bonchev–Trinajstić information content (AvgIpc) is 3.13. The summed E-state index contributed by atoms with van der Waals surface area (Å²) in [6, 6.07) is 9.08. The fourth-order valence-corrected chi connectivity index (χ4v) is 3.55. The number of carbonyl (C=O) groups excluding carboxylic acids is 1. The van der Waals surface area contributed by atoms with Crippen molar-refractivity contribution in [3.8, 4) is 0 Å². The van der Waals surface area contributed by atoms with E-state index in [9.17, 15) is 4.79 Å². The topological polar surface area (TPSA) is 57.2 Å². The number of methoxy groups -OCH3 is 2. The summed E-state index contributed by atoms with van der Waals surface area (Å²) in [5, 5.41) is -0.323. The largest absolute Gasteiger partial charge is 0.445 e. The van der Waals surface area contributed by atoms with Crippen molar-refractivity contribution in [2.45, 2.75) is 29.9 Å². The third-order valence-corrected chi connectivity index (χ3v) is 4.82. The number of nitrogens with zero attached hydrogens (tertiary/aromatic N) is 1. The van der Waals surface area contributed by atoms with Crippen LogP contribution in [0.5, 0.6) is 0 Å². The molecule has 6 nitrogen and oxygen atoms in total. The van der Waals surface area contributed by atoms with Gasteiger partial charge in [-0.2, -0.15) is 0 Å². The zero-order valence-corrected chi connectivity index (χ0v) is 13.9. The molecule has 0 N–H and O–H groups in total. The van der Waals surface area contributed by atoms with Crippen molar-refractivity contribution in [3.63, 3.8) is 0 Å². The van der Waals surface area contributed by atoms with Gasteiger partial charge in [-0.05, 0) is 5.56 Å². The van der Waals surface area contributed by atoms with E-state index in [1.54, 1.807) is 4.90 Å². The summed E-state index contributed by atoms with van der Waals surface area (Å²) < 4.78 is 22.1. The molecular weight excluding hydrogens is 322 g/mol. The summed E-state index contributed by atoms with van der Waals surface area (Å²) in [4.78, 5) is 14.1. The molecule has 1 aromatic carbocycles. The van der Waals surface area contributed by atoms with Gasteiger partial charge >= 0.3 is 6.09 Å². The molecule has 3 rings (SSSR count). The Hall–Kier alpha value is -1.34. The van der Waals surface area contributed by atoms with Gasteiger partial charge in [0.1, 0.15) is 25.4 Å². The van der Waals surface area contributed by atoms with E-state index in [0.29, 0.717) is 6.54 Å². The maximum absolute atomic E-state index is 12.5. The Bertz CT molecular complexity index is 551. The van der Waals surface area contributed by atoms with Crippen LogP contribution in [0.2, 0.25) is 0 Å². The minimum atomic E-state index is -1.01. The Kier molecular flexibility index (Phi) is 4.77. The summed E-state index contributed by atoms with van der Waals surface area (Å²) >= 11 is 6.32. The molecule has 0 saturated carbocycles. The number of fused-ring (bicyclic) bond motifs is 1. The number of rotatable bonds is 4. The van der Waals surface area contributed by atoms with E-state index in [2.05, 4.69) is 0 Å². The Morgan fingerprint density at radius 3 is 2.70 bits per heavy atom. The minimum Gasteiger partial charge on any atom is -0.445 e. The van der Waals surface area contributed by atoms with Gasteiger partial charge in [0, 0.05) is 20.8 Å². The molecule has 0 bridgehead atoms. The molecule has 1 aromatic rings. The molecule has 0 aromatic heterocycles. The first-order valence-electron chi connectivity index (χ1n) is 7.44. The molecule has 7 heteroatoms. The van der Waals surface area contributed by atoms with Gasteiger partial charge in [0.15, 0.2) is 0 Å². The molecule has 0 aliphatic carbocycles. The van der Waals surface area contributed by atoms with Gasteiger partial charge in [-0.15, -0.1) is 11.6 Å². The predicted octanol–water partition coefficient (Wildman–Crippen LogP) is 2.00. The molecule has 0 spiro atoms. The van der Waals surface area contributed by atoms with E-state index in [1.807, 2.05) is 30.3 Å². The highest BCUT2D eigenvalue weighted by Gasteiger charge is 2.61. The van der Waals surface area contributed by atoms with Gasteiger partial charge in [-0.1, -0.05) is 30.3 Å². The summed E-state index contributed by atoms with van der Waals surface area (Å²) in [5.41, 5.74) is 0.923. The van der Waals surface area contributed by atoms with Crippen LogP contribution in [0.15, 0.2) is 30.3 Å². The second-order valence-corrected chi connectivity index (χ2v) is 6.21. The number of ether oxygens (including phenoxy) is 4. The molecule has 126 valence electrons. The number of benzene rings is 1. The van der Waals surface area contributed by atoms with E-state index in [-0.39, 0.29) is 24.7 Å². The molecular formula is C16H20ClNO5. The maximum atomic E-state index is 12.5. The van der Waals surface area contributed by atoms with Crippen LogP contribution in [0.4, 0.5) is 4.79 Å². The third-order valence-electron chi connectivity index (χ3n) is 4.43. The molecule has 1 amide bonds. The van der Waals surface area contributed by atoms with Crippen LogP contribution < -0.4 is 0 Å². The number of amides is 1. The van der Waals surface area contributed by atoms with Gasteiger partial charge in [-0.3, -0.25) is 4.90 Å². The first-order chi connectivity index (χ1) is 11.1. The van der Waals surface area contributed by atoms with Crippen LogP contribution in [-0.2, 0) is 25.6 Å². The number of alkyl halides is 1. The van der Waals surface area contributed by atoms with Crippen molar-refractivity contribution in [1.29, 1.82) is 0 Å². The fraction of sp³-hybridized carbons (Fsp3) is 0.562. The van der Waals surface area contributed by atoms with E-state index < -0.39 is 17.9 Å². The number of carbonyl (C=O) groups is 1. The van der Waals surface area contributed by atoms with Crippen molar-refractivity contribution >= 4 is 17.7 Å². The number of hydrogen-bond acceptors (Lipinski definition) is 5. The molecule has 1 unspecified atom stereocenters. The van der Waals surface area contributed by atoms with E-state index >= 15 is 0 Å². The Balaban J connectivity index is 1.72. The zero-order chi connectivity index (χ0) is 16.4. The highest BCUT2D eigenvalue weighted by Crippen LogP contribution is 2.40. The van der Waals surface area contributed by atoms with Crippen molar-refractivity contribution in [3.05, 3.63) is 35.9 Å². The van der Waals surface area contributed by atoms with Crippen LogP contribution in [0.3, 0.4) is 0 Å². The summed E-state index contributed by atoms with van der Waals surface area (Å²) in [5.74, 6) is -1.01. The van der Waals surface area contributed by atoms with Crippen molar-refractivity contribution in [2.24, 2.45) is 0 Å². The Labute approximate surface area is 140 Å². The normalized spacial score (nSPS) is 28.7. The molecule has 2 aliphatic heterocycles. The van der Waals surface area contributed by atoms with Crippen LogP contribution in [0.25, 0.3) is 0 Å². The second-order valence-electron chi connectivity index (χ2n) is 5.65. The van der Waals surface area contributed by atoms with E-state index in [0.717, 1.165) is 5.56 Å². The maximum Gasteiger partial charge on any atom is 0.410 e. The Morgan fingerprint density at radius 2 is 2.04 bits per heavy atom. The van der Waals surface area contributed by atoms with Crippen molar-refractivity contribution in [1.82, 2.24) is 4.90 Å². The van der Waals surface area contributed by atoms with Crippen LogP contribution >= 0.6 is 11.6 Å². The summed E-state index contributed by atoms with van der Waals surface area (Å²) in [6.45, 7) is 0.758. The van der Waals surface area contributed by atoms with Gasteiger partial charge < -0.3 is 18.9 Å². The number of halogens is 1. The first kappa shape index (κ1) is 16.5. The van der Waals surface area contributed by atoms with E-state index in [1.165, 1.54) is 14.2 Å². The van der Waals surface area contributed by atoms with Crippen molar-refractivity contribution < 1.29 is 23.7 Å². The molecule has 23 heavy (non-hydrogen) atoms. The summed E-state index contributed by atoms with van der Waals surface area (Å²) in [6.07, 6.45) is -0.781. The highest BCUT2D eigenvalue weighted by atomic mass is 35.5. The summed E-state index contributed by atoms with van der Waals surface area (Å²) in [7, 11) is 3.06. The fourth-order valence-electron chi connectivity index (χ4n) is 3.19. The lowest BCUT2D eigenvalue weighted by atomic mass is 10.1. The average molecular weight is 342 g/mol. The van der Waals surface area contributed by atoms with Crippen LogP contribution in [0.1, 0.15) is 5.56 Å². The van der Waals surface area contributed by atoms with Gasteiger partial charge in [0.2, 0.25) is 5.79 Å². The predicted molar refractivity (Wildman–Crippen MR) is 83.3 cm³/mol. The van der Waals surface area contributed by atoms with Crippen molar-refractivity contribution in [2.75, 3.05) is 27.4 Å². The quantitative estimate of drug-likeness (QED) is 0.619. The molecule has 2 heterocycles. The lowest BCUT2D eigenvalue weighted by molar-refractivity contribution is -0.224. The molecule has 2 fully saturated rings. The van der Waals surface area contributed by atoms with Crippen LogP contribution in [0, 0.1) is 0 Å². The Morgan fingerprint density at radius 1 is 1.35 bits per heavy atom. The third kappa shape index (κ3) is 2.92. The zero-order valence-electron chi connectivity index (χ0n) is 13.1. The molecule has 3 atom stereocenters. The standard InChI is InChI=1S/C16H20ClNO5/c1-20-16(21-2)10-23-13-12(17)8-18(14(13)16)15(19)22-9-11-6-4-3-5-7-11/h3-7,12-14H,8-10H2,1-2H3/t12-,13+,14?/m0/s1. The molecule has 2 aliphatic rings. The monoisotopic (exact) mass is 341 g/mol.